The fourth-order valence-corrected chi connectivity index (χ4v) is 6.62. The number of rotatable bonds is 20. The van der Waals surface area contributed by atoms with Crippen molar-refractivity contribution in [3.63, 3.8) is 0 Å². The Hall–Kier alpha value is -7.50. The third kappa shape index (κ3) is 10.7. The van der Waals surface area contributed by atoms with E-state index < -0.39 is 54.2 Å². The average Bonchev–Trinajstić information content (AvgIpc) is 4.00. The molecule has 1 fully saturated rings. The van der Waals surface area contributed by atoms with Crippen LogP contribution >= 0.6 is 0 Å². The summed E-state index contributed by atoms with van der Waals surface area (Å²) in [7, 11) is 0. The van der Waals surface area contributed by atoms with Crippen LogP contribution in [0.2, 0.25) is 0 Å². The molecule has 5 heterocycles. The molecule has 64 heavy (non-hydrogen) atoms. The Kier molecular flexibility index (Phi) is 13.7. The highest BCUT2D eigenvalue weighted by atomic mass is 19.4. The highest BCUT2D eigenvalue weighted by Crippen LogP contribution is 2.32. The van der Waals surface area contributed by atoms with Crippen molar-refractivity contribution >= 4 is 52.6 Å². The van der Waals surface area contributed by atoms with Crippen molar-refractivity contribution in [1.29, 1.82) is 0 Å². The van der Waals surface area contributed by atoms with E-state index in [1.54, 1.807) is 36.4 Å². The fraction of sp³-hybridized carbons (Fsp3) is 0.293. The van der Waals surface area contributed by atoms with Gasteiger partial charge in [-0.3, -0.25) is 39.0 Å². The zero-order chi connectivity index (χ0) is 45.4. The number of imide groups is 2. The number of nitrogens with one attached hydrogen (secondary N) is 4. The molecule has 6 amide bonds. The van der Waals surface area contributed by atoms with Crippen LogP contribution in [0, 0.1) is 0 Å². The Bertz CT molecular complexity index is 2560. The Morgan fingerprint density at radius 3 is 2.41 bits per heavy atom. The molecule has 1 atom stereocenters. The molecule has 2 aliphatic rings. The van der Waals surface area contributed by atoms with Gasteiger partial charge in [-0.15, -0.1) is 0 Å². The molecular formula is C41H39F3N10O10. The molecule has 0 saturated carbocycles. The number of benzene rings is 2. The molecule has 0 radical (unpaired) electrons. The van der Waals surface area contributed by atoms with Crippen LogP contribution in [0.15, 0.2) is 77.7 Å². The summed E-state index contributed by atoms with van der Waals surface area (Å²) in [6.07, 6.45) is -0.661. The van der Waals surface area contributed by atoms with E-state index in [9.17, 15) is 41.9 Å². The minimum atomic E-state index is -4.46. The first kappa shape index (κ1) is 44.6. The molecule has 20 nitrogen and oxygen atoms in total. The Labute approximate surface area is 360 Å². The summed E-state index contributed by atoms with van der Waals surface area (Å²) in [6.45, 7) is 0.758. The second-order valence-electron chi connectivity index (χ2n) is 14.1. The molecule has 0 bridgehead atoms. The molecular weight excluding hydrogens is 850 g/mol. The van der Waals surface area contributed by atoms with Crippen molar-refractivity contribution in [2.75, 3.05) is 62.1 Å². The lowest BCUT2D eigenvalue weighted by atomic mass is 10.0. The number of piperidine rings is 1. The van der Waals surface area contributed by atoms with Gasteiger partial charge in [0.15, 0.2) is 11.4 Å². The number of hydrogen-bond acceptors (Lipinski definition) is 15. The second kappa shape index (κ2) is 19.7. The number of aromatic nitrogens is 4. The molecule has 23 heteroatoms. The average molecular weight is 889 g/mol. The Morgan fingerprint density at radius 1 is 0.922 bits per heavy atom. The summed E-state index contributed by atoms with van der Waals surface area (Å²) >= 11 is 0. The molecule has 2 aliphatic heterocycles. The van der Waals surface area contributed by atoms with E-state index in [1.165, 1.54) is 35.3 Å². The Balaban J connectivity index is 0.802. The van der Waals surface area contributed by atoms with E-state index in [-0.39, 0.29) is 71.5 Å². The van der Waals surface area contributed by atoms with Crippen molar-refractivity contribution in [3.05, 3.63) is 101 Å². The number of nitrogens with two attached hydrogens (primary N) is 1. The molecule has 0 aliphatic carbocycles. The van der Waals surface area contributed by atoms with Crippen molar-refractivity contribution in [2.24, 2.45) is 5.73 Å². The minimum absolute atomic E-state index is 0.00725. The summed E-state index contributed by atoms with van der Waals surface area (Å²) in [5, 5.41) is 14.2. The zero-order valence-electron chi connectivity index (χ0n) is 33.6. The van der Waals surface area contributed by atoms with Crippen LogP contribution in [0.5, 0.6) is 0 Å². The van der Waals surface area contributed by atoms with Crippen LogP contribution in [-0.2, 0) is 30.4 Å². The molecule has 3 aromatic heterocycles. The number of primary amides is 1. The standard InChI is InChI=1S/C41H39F3N10O10/c42-41(43,44)22-48-31-18-24(10-11-47-31)38-50-29(21-64-38)36(57)49-28-19-53(52-34(28)35(45)56)25-6-4-23(5-7-25)20-63-17-16-62-15-14-61-13-12-46-27-3-1-2-26-33(27)40(60)54(39(26)59)30-8-9-32(55)51-37(30)58/h1-7,10-11,18-19,21,30,46H,8-9,12-17,20,22H2,(H2,45,56)(H,47,48)(H,49,57)(H,51,55,58). The van der Waals surface area contributed by atoms with Crippen LogP contribution in [0.25, 0.3) is 17.1 Å². The lowest BCUT2D eigenvalue weighted by Crippen LogP contribution is -2.54. The summed E-state index contributed by atoms with van der Waals surface area (Å²) < 4.78 is 61.4. The third-order valence-electron chi connectivity index (χ3n) is 9.65. The van der Waals surface area contributed by atoms with Crippen LogP contribution in [0.3, 0.4) is 0 Å². The van der Waals surface area contributed by atoms with Crippen LogP contribution in [0.1, 0.15) is 60.1 Å². The van der Waals surface area contributed by atoms with Gasteiger partial charge in [0.25, 0.3) is 23.6 Å². The normalized spacial score (nSPS) is 15.0. The summed E-state index contributed by atoms with van der Waals surface area (Å²) in [5.74, 6) is -4.12. The van der Waals surface area contributed by atoms with E-state index >= 15 is 0 Å². The van der Waals surface area contributed by atoms with Gasteiger partial charge in [0.1, 0.15) is 24.7 Å². The first-order chi connectivity index (χ1) is 30.8. The fourth-order valence-electron chi connectivity index (χ4n) is 6.62. The summed E-state index contributed by atoms with van der Waals surface area (Å²) in [6, 6.07) is 13.5. The molecule has 334 valence electrons. The topological polar surface area (TPSA) is 264 Å². The van der Waals surface area contributed by atoms with Crippen LogP contribution in [-0.4, -0.2) is 118 Å². The molecule has 7 rings (SSSR count). The molecule has 5 aromatic rings. The highest BCUT2D eigenvalue weighted by molar-refractivity contribution is 6.25. The quantitative estimate of drug-likeness (QED) is 0.0555. The number of alkyl halides is 3. The molecule has 1 saturated heterocycles. The Morgan fingerprint density at radius 2 is 1.67 bits per heavy atom. The van der Waals surface area contributed by atoms with Gasteiger partial charge >= 0.3 is 6.18 Å². The smallest absolute Gasteiger partial charge is 0.405 e. The van der Waals surface area contributed by atoms with Crippen LogP contribution in [0.4, 0.5) is 30.4 Å². The van der Waals surface area contributed by atoms with Gasteiger partial charge in [0, 0.05) is 30.4 Å². The predicted octanol–water partition coefficient (Wildman–Crippen LogP) is 3.31. The third-order valence-corrected chi connectivity index (χ3v) is 9.65. The number of anilines is 3. The summed E-state index contributed by atoms with van der Waals surface area (Å²) in [5.41, 5.74) is 7.51. The van der Waals surface area contributed by atoms with Crippen molar-refractivity contribution in [3.8, 4) is 17.1 Å². The zero-order valence-corrected chi connectivity index (χ0v) is 33.6. The van der Waals surface area contributed by atoms with Gasteiger partial charge in [0.05, 0.1) is 68.3 Å². The van der Waals surface area contributed by atoms with Crippen molar-refractivity contribution in [2.45, 2.75) is 31.7 Å². The number of nitrogens with zero attached hydrogens (tertiary/aromatic N) is 5. The van der Waals surface area contributed by atoms with E-state index in [0.29, 0.717) is 44.3 Å². The maximum atomic E-state index is 13.2. The maximum absolute atomic E-state index is 13.2. The molecule has 0 spiro atoms. The molecule has 2 aromatic carbocycles. The van der Waals surface area contributed by atoms with E-state index in [1.807, 2.05) is 0 Å². The van der Waals surface area contributed by atoms with Gasteiger partial charge in [0.2, 0.25) is 17.7 Å². The second-order valence-corrected chi connectivity index (χ2v) is 14.1. The predicted molar refractivity (Wildman–Crippen MR) is 217 cm³/mol. The number of carbonyl (C=O) groups excluding carboxylic acids is 6. The van der Waals surface area contributed by atoms with Gasteiger partial charge in [-0.25, -0.2) is 14.6 Å². The van der Waals surface area contributed by atoms with E-state index in [4.69, 9.17) is 24.4 Å². The first-order valence-electron chi connectivity index (χ1n) is 19.6. The number of fused-ring (bicyclic) bond motifs is 1. The number of oxazole rings is 1. The largest absolute Gasteiger partial charge is 0.444 e. The van der Waals surface area contributed by atoms with Gasteiger partial charge in [-0.05, 0) is 48.4 Å². The number of carbonyl (C=O) groups is 6. The van der Waals surface area contributed by atoms with Gasteiger partial charge in [-0.2, -0.15) is 18.3 Å². The van der Waals surface area contributed by atoms with Crippen LogP contribution < -0.4 is 27.0 Å². The van der Waals surface area contributed by atoms with E-state index in [2.05, 4.69) is 36.3 Å². The molecule has 6 N–H and O–H groups in total. The number of halogens is 3. The highest BCUT2D eigenvalue weighted by Gasteiger charge is 2.45. The van der Waals surface area contributed by atoms with Gasteiger partial charge in [-0.1, -0.05) is 18.2 Å². The number of amides is 6. The first-order valence-corrected chi connectivity index (χ1v) is 19.6. The summed E-state index contributed by atoms with van der Waals surface area (Å²) in [4.78, 5) is 84.3. The SMILES string of the molecule is NC(=O)c1nn(-c2ccc(COCCOCCOCCNc3cccc4c3C(=O)N(C3CCC(=O)NC3=O)C4=O)cc2)cc1NC(=O)c1coc(-c2ccnc(NCC(F)(F)F)c2)n1. The van der Waals surface area contributed by atoms with Gasteiger partial charge < -0.3 is 40.3 Å². The molecule has 1 unspecified atom stereocenters. The minimum Gasteiger partial charge on any atom is -0.444 e. The maximum Gasteiger partial charge on any atom is 0.405 e. The van der Waals surface area contributed by atoms with Crippen molar-refractivity contribution < 1.29 is 60.6 Å². The number of ether oxygens (including phenoxy) is 3. The van der Waals surface area contributed by atoms with E-state index in [0.717, 1.165) is 16.7 Å². The lowest BCUT2D eigenvalue weighted by molar-refractivity contribution is -0.136. The number of hydrogen-bond donors (Lipinski definition) is 5. The monoisotopic (exact) mass is 888 g/mol. The lowest BCUT2D eigenvalue weighted by Gasteiger charge is -2.27. The van der Waals surface area contributed by atoms with Crippen molar-refractivity contribution in [1.82, 2.24) is 30.0 Å². The number of pyridine rings is 1.